The average molecular weight is 238 g/mol. The van der Waals surface area contributed by atoms with E-state index in [1.165, 1.54) is 11.3 Å². The molecule has 0 saturated carbocycles. The van der Waals surface area contributed by atoms with Crippen LogP contribution in [0.3, 0.4) is 0 Å². The Hall–Kier alpha value is -1.00. The van der Waals surface area contributed by atoms with Crippen LogP contribution < -0.4 is 0 Å². The first-order chi connectivity index (χ1) is 7.24. The van der Waals surface area contributed by atoms with Crippen molar-refractivity contribution < 1.29 is 9.90 Å². The molecule has 1 heterocycles. The van der Waals surface area contributed by atoms with Crippen LogP contribution in [-0.4, -0.2) is 17.3 Å². The third kappa shape index (κ3) is 1.87. The number of carboxylic acids is 1. The maximum atomic E-state index is 11.1. The first-order valence-electron chi connectivity index (χ1n) is 4.46. The molecule has 0 aliphatic heterocycles. The van der Waals surface area contributed by atoms with Crippen molar-refractivity contribution in [3.8, 4) is 0 Å². The minimum Gasteiger partial charge on any atom is -0.477 e. The topological polar surface area (TPSA) is 37.3 Å². The van der Waals surface area contributed by atoms with Crippen LogP contribution in [0.1, 0.15) is 15.2 Å². The van der Waals surface area contributed by atoms with Crippen LogP contribution in [0.5, 0.6) is 0 Å². The molecule has 4 heteroatoms. The van der Waals surface area contributed by atoms with Crippen LogP contribution >= 0.6 is 23.1 Å². The third-order valence-corrected chi connectivity index (χ3v) is 3.96. The molecule has 2 rings (SSSR count). The van der Waals surface area contributed by atoms with Crippen molar-refractivity contribution in [2.75, 3.05) is 6.26 Å². The fraction of sp³-hybridized carbons (Fsp3) is 0.182. The molecular formula is C11H10O2S2. The van der Waals surface area contributed by atoms with E-state index in [1.807, 2.05) is 30.5 Å². The van der Waals surface area contributed by atoms with Crippen molar-refractivity contribution in [2.45, 2.75) is 5.75 Å². The van der Waals surface area contributed by atoms with Gasteiger partial charge in [0.15, 0.2) is 0 Å². The van der Waals surface area contributed by atoms with Crippen molar-refractivity contribution in [3.63, 3.8) is 0 Å². The second-order valence-electron chi connectivity index (χ2n) is 3.14. The van der Waals surface area contributed by atoms with E-state index in [0.29, 0.717) is 4.88 Å². The Balaban J connectivity index is 2.68. The summed E-state index contributed by atoms with van der Waals surface area (Å²) in [5.74, 6) is -0.0636. The van der Waals surface area contributed by atoms with Crippen molar-refractivity contribution >= 4 is 39.2 Å². The zero-order valence-corrected chi connectivity index (χ0v) is 9.82. The van der Waals surface area contributed by atoms with Gasteiger partial charge in [0.25, 0.3) is 0 Å². The fourth-order valence-electron chi connectivity index (χ4n) is 1.56. The van der Waals surface area contributed by atoms with Crippen molar-refractivity contribution in [2.24, 2.45) is 0 Å². The number of benzene rings is 1. The summed E-state index contributed by atoms with van der Waals surface area (Å²) in [7, 11) is 0. The maximum absolute atomic E-state index is 11.1. The second-order valence-corrected chi connectivity index (χ2v) is 5.06. The van der Waals surface area contributed by atoms with E-state index in [0.717, 1.165) is 21.4 Å². The molecule has 1 aromatic carbocycles. The van der Waals surface area contributed by atoms with Gasteiger partial charge < -0.3 is 5.11 Å². The van der Waals surface area contributed by atoms with Crippen LogP contribution in [0, 0.1) is 0 Å². The summed E-state index contributed by atoms with van der Waals surface area (Å²) in [5, 5.41) is 10.2. The zero-order valence-electron chi connectivity index (χ0n) is 8.19. The Morgan fingerprint density at radius 1 is 1.47 bits per heavy atom. The normalized spacial score (nSPS) is 10.7. The molecule has 0 amide bonds. The van der Waals surface area contributed by atoms with E-state index in [9.17, 15) is 4.79 Å². The molecule has 2 aromatic rings. The predicted octanol–water partition coefficient (Wildman–Crippen LogP) is 3.46. The second kappa shape index (κ2) is 4.24. The molecule has 78 valence electrons. The molecule has 0 saturated heterocycles. The van der Waals surface area contributed by atoms with E-state index in [1.54, 1.807) is 11.8 Å². The van der Waals surface area contributed by atoms with E-state index in [4.69, 9.17) is 5.11 Å². The van der Waals surface area contributed by atoms with E-state index >= 15 is 0 Å². The van der Waals surface area contributed by atoms with Crippen LogP contribution in [0.2, 0.25) is 0 Å². The number of thiophene rings is 1. The van der Waals surface area contributed by atoms with E-state index in [2.05, 4.69) is 0 Å². The molecule has 0 fully saturated rings. The van der Waals surface area contributed by atoms with E-state index < -0.39 is 5.97 Å². The number of rotatable bonds is 3. The summed E-state index contributed by atoms with van der Waals surface area (Å²) < 4.78 is 1.05. The first kappa shape index (κ1) is 10.5. The van der Waals surface area contributed by atoms with Gasteiger partial charge in [-0.1, -0.05) is 18.2 Å². The van der Waals surface area contributed by atoms with Gasteiger partial charge in [0.1, 0.15) is 4.88 Å². The molecule has 1 aromatic heterocycles. The third-order valence-electron chi connectivity index (χ3n) is 2.18. The quantitative estimate of drug-likeness (QED) is 0.889. The highest BCUT2D eigenvalue weighted by molar-refractivity contribution is 7.97. The monoisotopic (exact) mass is 238 g/mol. The van der Waals surface area contributed by atoms with Gasteiger partial charge in [-0.05, 0) is 23.3 Å². The number of carbonyl (C=O) groups is 1. The van der Waals surface area contributed by atoms with Crippen LogP contribution in [0.4, 0.5) is 0 Å². The van der Waals surface area contributed by atoms with E-state index in [-0.39, 0.29) is 0 Å². The minimum absolute atomic E-state index is 0.477. The molecule has 15 heavy (non-hydrogen) atoms. The van der Waals surface area contributed by atoms with Crippen LogP contribution in [-0.2, 0) is 5.75 Å². The van der Waals surface area contributed by atoms with Gasteiger partial charge in [0.2, 0.25) is 0 Å². The summed E-state index contributed by atoms with van der Waals surface area (Å²) in [6.45, 7) is 0. The number of hydrogen-bond donors (Lipinski definition) is 1. The van der Waals surface area contributed by atoms with Gasteiger partial charge in [0, 0.05) is 10.5 Å². The molecule has 0 radical (unpaired) electrons. The van der Waals surface area contributed by atoms with Crippen molar-refractivity contribution in [1.82, 2.24) is 0 Å². The Bertz CT molecular complexity index is 502. The number of hydrogen-bond acceptors (Lipinski definition) is 3. The molecule has 2 nitrogen and oxygen atoms in total. The lowest BCUT2D eigenvalue weighted by atomic mass is 10.1. The minimum atomic E-state index is -0.819. The molecule has 0 bridgehead atoms. The Morgan fingerprint density at radius 3 is 2.87 bits per heavy atom. The van der Waals surface area contributed by atoms with Gasteiger partial charge in [0.05, 0.1) is 0 Å². The number of carboxylic acid groups (broad SMARTS) is 1. The first-order valence-corrected chi connectivity index (χ1v) is 6.67. The Morgan fingerprint density at radius 2 is 2.20 bits per heavy atom. The average Bonchev–Trinajstić information content (AvgIpc) is 2.58. The molecular weight excluding hydrogens is 228 g/mol. The number of aromatic carboxylic acids is 1. The van der Waals surface area contributed by atoms with Crippen LogP contribution in [0.25, 0.3) is 10.1 Å². The van der Waals surface area contributed by atoms with Crippen molar-refractivity contribution in [3.05, 3.63) is 34.7 Å². The summed E-state index contributed by atoms with van der Waals surface area (Å²) in [5.41, 5.74) is 0.954. The lowest BCUT2D eigenvalue weighted by Gasteiger charge is -1.97. The van der Waals surface area contributed by atoms with Gasteiger partial charge in [-0.3, -0.25) is 0 Å². The summed E-state index contributed by atoms with van der Waals surface area (Å²) in [6, 6.07) is 7.85. The van der Waals surface area contributed by atoms with Gasteiger partial charge in [-0.15, -0.1) is 11.3 Å². The molecule has 0 atom stereocenters. The highest BCUT2D eigenvalue weighted by Gasteiger charge is 2.16. The molecule has 1 N–H and O–H groups in total. The number of fused-ring (bicyclic) bond motifs is 1. The standard InChI is InChI=1S/C11H10O2S2/c1-14-6-8-7-4-2-3-5-9(7)15-10(8)11(12)13/h2-5H,6H2,1H3,(H,12,13). The van der Waals surface area contributed by atoms with Crippen LogP contribution in [0.15, 0.2) is 24.3 Å². The van der Waals surface area contributed by atoms with Gasteiger partial charge in [-0.25, -0.2) is 4.79 Å². The Labute approximate surface area is 95.9 Å². The van der Waals surface area contributed by atoms with Gasteiger partial charge >= 0.3 is 5.97 Å². The number of thioether (sulfide) groups is 1. The summed E-state index contributed by atoms with van der Waals surface area (Å²) >= 11 is 3.01. The smallest absolute Gasteiger partial charge is 0.346 e. The summed E-state index contributed by atoms with van der Waals surface area (Å²) in [6.07, 6.45) is 1.98. The maximum Gasteiger partial charge on any atom is 0.346 e. The molecule has 0 aliphatic rings. The zero-order chi connectivity index (χ0) is 10.8. The summed E-state index contributed by atoms with van der Waals surface area (Å²) in [4.78, 5) is 11.5. The molecule has 0 aliphatic carbocycles. The predicted molar refractivity (Wildman–Crippen MR) is 66.0 cm³/mol. The van der Waals surface area contributed by atoms with Gasteiger partial charge in [-0.2, -0.15) is 11.8 Å². The highest BCUT2D eigenvalue weighted by atomic mass is 32.2. The fourth-order valence-corrected chi connectivity index (χ4v) is 3.30. The SMILES string of the molecule is CSCc1c(C(=O)O)sc2ccccc12. The van der Waals surface area contributed by atoms with Crippen molar-refractivity contribution in [1.29, 1.82) is 0 Å². The Kier molecular flexibility index (Phi) is 2.98. The molecule has 0 spiro atoms. The molecule has 0 unspecified atom stereocenters. The lowest BCUT2D eigenvalue weighted by Crippen LogP contribution is -1.96. The largest absolute Gasteiger partial charge is 0.477 e. The lowest BCUT2D eigenvalue weighted by molar-refractivity contribution is 0.0701. The highest BCUT2D eigenvalue weighted by Crippen LogP contribution is 2.33.